The fourth-order valence-electron chi connectivity index (χ4n) is 1.92. The van der Waals surface area contributed by atoms with E-state index in [0.717, 1.165) is 12.2 Å². The largest absolute Gasteiger partial charge is 0.424 e. The zero-order valence-electron chi connectivity index (χ0n) is 8.10. The summed E-state index contributed by atoms with van der Waals surface area (Å²) < 4.78 is 5.45. The molecule has 1 aromatic heterocycles. The Labute approximate surface area is 86.5 Å². The molecule has 76 valence electrons. The Morgan fingerprint density at radius 3 is 3.00 bits per heavy atom. The van der Waals surface area contributed by atoms with Crippen molar-refractivity contribution in [3.8, 4) is 11.8 Å². The minimum absolute atomic E-state index is 0.327. The Balaban J connectivity index is 1.87. The highest BCUT2D eigenvalue weighted by molar-refractivity contribution is 5.39. The molecular weight excluding hydrogens is 192 g/mol. The van der Waals surface area contributed by atoms with E-state index in [1.165, 1.54) is 24.0 Å². The fraction of sp³-hybridized carbons (Fsp3) is 0.300. The molecular formula is C10H10N4O. The third kappa shape index (κ3) is 1.56. The number of H-pyrrole nitrogens is 1. The number of nitrogens with zero attached hydrogens (tertiary/aromatic N) is 3. The Morgan fingerprint density at radius 1 is 1.20 bits per heavy atom. The van der Waals surface area contributed by atoms with Crippen LogP contribution in [0.5, 0.6) is 11.8 Å². The lowest BCUT2D eigenvalue weighted by molar-refractivity contribution is 0.442. The minimum Gasteiger partial charge on any atom is -0.424 e. The highest BCUT2D eigenvalue weighted by Gasteiger charge is 2.11. The quantitative estimate of drug-likeness (QED) is 0.801. The third-order valence-corrected chi connectivity index (χ3v) is 2.61. The van der Waals surface area contributed by atoms with E-state index in [1.54, 1.807) is 0 Å². The first kappa shape index (κ1) is 8.40. The maximum Gasteiger partial charge on any atom is 0.338 e. The van der Waals surface area contributed by atoms with E-state index in [4.69, 9.17) is 4.74 Å². The zero-order chi connectivity index (χ0) is 10.1. The molecule has 5 nitrogen and oxygen atoms in total. The molecule has 0 saturated carbocycles. The molecule has 0 spiro atoms. The van der Waals surface area contributed by atoms with Crippen LogP contribution in [0.2, 0.25) is 0 Å². The average Bonchev–Trinajstić information content (AvgIpc) is 2.87. The molecule has 0 atom stereocenters. The SMILES string of the molecule is c1cc2c(cc1Oc1nnn[nH]1)CCC2. The van der Waals surface area contributed by atoms with E-state index >= 15 is 0 Å². The molecule has 5 heteroatoms. The average molecular weight is 202 g/mol. The number of aromatic nitrogens is 4. The Kier molecular flexibility index (Phi) is 1.87. The lowest BCUT2D eigenvalue weighted by Crippen LogP contribution is -1.89. The summed E-state index contributed by atoms with van der Waals surface area (Å²) in [5.41, 5.74) is 2.80. The van der Waals surface area contributed by atoms with Crippen molar-refractivity contribution in [1.29, 1.82) is 0 Å². The predicted octanol–water partition coefficient (Wildman–Crippen LogP) is 1.48. The maximum atomic E-state index is 5.45. The first-order valence-corrected chi connectivity index (χ1v) is 4.95. The van der Waals surface area contributed by atoms with Crippen molar-refractivity contribution in [2.45, 2.75) is 19.3 Å². The topological polar surface area (TPSA) is 63.7 Å². The van der Waals surface area contributed by atoms with Crippen molar-refractivity contribution in [2.75, 3.05) is 0 Å². The number of nitrogens with one attached hydrogen (secondary N) is 1. The van der Waals surface area contributed by atoms with Gasteiger partial charge in [-0.05, 0) is 52.9 Å². The van der Waals surface area contributed by atoms with Crippen LogP contribution >= 0.6 is 0 Å². The molecule has 1 N–H and O–H groups in total. The highest BCUT2D eigenvalue weighted by Crippen LogP contribution is 2.27. The molecule has 1 heterocycles. The van der Waals surface area contributed by atoms with Crippen LogP contribution in [0.25, 0.3) is 0 Å². The summed E-state index contributed by atoms with van der Waals surface area (Å²) in [6, 6.07) is 6.45. The number of ether oxygens (including phenoxy) is 1. The molecule has 3 rings (SSSR count). The number of benzene rings is 1. The number of aryl methyl sites for hydroxylation is 2. The van der Waals surface area contributed by atoms with Gasteiger partial charge in [0.25, 0.3) is 0 Å². The number of hydrogen-bond donors (Lipinski definition) is 1. The summed E-state index contributed by atoms with van der Waals surface area (Å²) in [6.45, 7) is 0. The molecule has 0 bridgehead atoms. The van der Waals surface area contributed by atoms with Crippen LogP contribution in [0.15, 0.2) is 18.2 Å². The predicted molar refractivity (Wildman–Crippen MR) is 52.7 cm³/mol. The van der Waals surface area contributed by atoms with Gasteiger partial charge in [0.05, 0.1) is 0 Å². The molecule has 0 saturated heterocycles. The van der Waals surface area contributed by atoms with E-state index in [-0.39, 0.29) is 0 Å². The van der Waals surface area contributed by atoms with Gasteiger partial charge in [0.2, 0.25) is 0 Å². The highest BCUT2D eigenvalue weighted by atomic mass is 16.5. The van der Waals surface area contributed by atoms with E-state index in [0.29, 0.717) is 6.01 Å². The lowest BCUT2D eigenvalue weighted by Gasteiger charge is -2.03. The van der Waals surface area contributed by atoms with Gasteiger partial charge in [0, 0.05) is 0 Å². The van der Waals surface area contributed by atoms with Crippen LogP contribution in [0, 0.1) is 0 Å². The van der Waals surface area contributed by atoms with E-state index in [9.17, 15) is 0 Å². The minimum atomic E-state index is 0.327. The van der Waals surface area contributed by atoms with Gasteiger partial charge in [-0.2, -0.15) is 0 Å². The summed E-state index contributed by atoms with van der Waals surface area (Å²) in [7, 11) is 0. The molecule has 0 aliphatic heterocycles. The Hall–Kier alpha value is -1.91. The molecule has 2 aromatic rings. The van der Waals surface area contributed by atoms with Crippen LogP contribution in [0.1, 0.15) is 17.5 Å². The van der Waals surface area contributed by atoms with Crippen molar-refractivity contribution in [2.24, 2.45) is 0 Å². The summed E-state index contributed by atoms with van der Waals surface area (Å²) >= 11 is 0. The first-order valence-electron chi connectivity index (χ1n) is 4.95. The number of aromatic amines is 1. The van der Waals surface area contributed by atoms with Crippen molar-refractivity contribution in [1.82, 2.24) is 20.6 Å². The molecule has 0 amide bonds. The van der Waals surface area contributed by atoms with Crippen LogP contribution in [-0.4, -0.2) is 20.6 Å². The van der Waals surface area contributed by atoms with Crippen LogP contribution < -0.4 is 4.74 Å². The molecule has 1 aliphatic rings. The van der Waals surface area contributed by atoms with E-state index in [1.807, 2.05) is 6.07 Å². The zero-order valence-corrected chi connectivity index (χ0v) is 8.10. The van der Waals surface area contributed by atoms with Crippen molar-refractivity contribution < 1.29 is 4.74 Å². The van der Waals surface area contributed by atoms with Crippen LogP contribution in [-0.2, 0) is 12.8 Å². The standard InChI is InChI=1S/C10H10N4O/c1-2-7-4-5-9(6-8(7)3-1)15-10-11-13-14-12-10/h4-6H,1-3H2,(H,11,12,13,14). The number of fused-ring (bicyclic) bond motifs is 1. The first-order chi connectivity index (χ1) is 7.42. The van der Waals surface area contributed by atoms with Crippen LogP contribution in [0.4, 0.5) is 0 Å². The fourth-order valence-corrected chi connectivity index (χ4v) is 1.92. The van der Waals surface area contributed by atoms with Gasteiger partial charge >= 0.3 is 6.01 Å². The Bertz CT molecular complexity index is 466. The van der Waals surface area contributed by atoms with E-state index < -0.39 is 0 Å². The van der Waals surface area contributed by atoms with E-state index in [2.05, 4.69) is 32.8 Å². The van der Waals surface area contributed by atoms with Gasteiger partial charge in [-0.3, -0.25) is 0 Å². The summed E-state index contributed by atoms with van der Waals surface area (Å²) in [6.07, 6.45) is 3.56. The second kappa shape index (κ2) is 3.34. The molecule has 1 aliphatic carbocycles. The second-order valence-corrected chi connectivity index (χ2v) is 3.59. The smallest absolute Gasteiger partial charge is 0.338 e. The van der Waals surface area contributed by atoms with Crippen molar-refractivity contribution in [3.05, 3.63) is 29.3 Å². The van der Waals surface area contributed by atoms with Gasteiger partial charge < -0.3 is 4.74 Å². The van der Waals surface area contributed by atoms with Gasteiger partial charge in [-0.1, -0.05) is 11.2 Å². The van der Waals surface area contributed by atoms with Crippen LogP contribution in [0.3, 0.4) is 0 Å². The molecule has 0 radical (unpaired) electrons. The number of hydrogen-bond acceptors (Lipinski definition) is 4. The van der Waals surface area contributed by atoms with Gasteiger partial charge in [0.1, 0.15) is 5.75 Å². The lowest BCUT2D eigenvalue weighted by atomic mass is 10.1. The molecule has 0 fully saturated rings. The van der Waals surface area contributed by atoms with Gasteiger partial charge in [-0.25, -0.2) is 5.10 Å². The Morgan fingerprint density at radius 2 is 2.13 bits per heavy atom. The monoisotopic (exact) mass is 202 g/mol. The van der Waals surface area contributed by atoms with Gasteiger partial charge in [-0.15, -0.1) is 0 Å². The van der Waals surface area contributed by atoms with Crippen molar-refractivity contribution in [3.63, 3.8) is 0 Å². The molecule has 15 heavy (non-hydrogen) atoms. The summed E-state index contributed by atoms with van der Waals surface area (Å²) in [5.74, 6) is 0.786. The molecule has 1 aromatic carbocycles. The number of rotatable bonds is 2. The van der Waals surface area contributed by atoms with Gasteiger partial charge in [0.15, 0.2) is 0 Å². The third-order valence-electron chi connectivity index (χ3n) is 2.61. The maximum absolute atomic E-state index is 5.45. The second-order valence-electron chi connectivity index (χ2n) is 3.59. The number of tetrazole rings is 1. The summed E-state index contributed by atoms with van der Waals surface area (Å²) in [4.78, 5) is 0. The van der Waals surface area contributed by atoms with Crippen molar-refractivity contribution >= 4 is 0 Å². The summed E-state index contributed by atoms with van der Waals surface area (Å²) in [5, 5.41) is 13.1. The molecule has 0 unspecified atom stereocenters. The normalized spacial score (nSPS) is 13.9.